The molecule has 1 saturated heterocycles. The number of carbonyl (C=O) groups is 1. The molecule has 1 aromatic heterocycles. The molecule has 0 saturated carbocycles. The van der Waals surface area contributed by atoms with E-state index in [1.807, 2.05) is 0 Å². The lowest BCUT2D eigenvalue weighted by Crippen LogP contribution is -2.31. The van der Waals surface area contributed by atoms with Crippen LogP contribution in [0.5, 0.6) is 0 Å². The summed E-state index contributed by atoms with van der Waals surface area (Å²) in [4.78, 5) is 25.9. The van der Waals surface area contributed by atoms with Crippen molar-refractivity contribution in [2.45, 2.75) is 6.42 Å². The van der Waals surface area contributed by atoms with Crippen LogP contribution in [0.25, 0.3) is 0 Å². The van der Waals surface area contributed by atoms with Gasteiger partial charge in [-0.05, 0) is 30.5 Å². The summed E-state index contributed by atoms with van der Waals surface area (Å²) in [6, 6.07) is 5.27. The van der Waals surface area contributed by atoms with E-state index in [0.717, 1.165) is 31.3 Å². The van der Waals surface area contributed by atoms with Crippen LogP contribution in [-0.4, -0.2) is 35.3 Å². The summed E-state index contributed by atoms with van der Waals surface area (Å²) in [6.07, 6.45) is 2.56. The third-order valence-corrected chi connectivity index (χ3v) is 4.64. The molecule has 2 aromatic rings. The maximum absolute atomic E-state index is 13.0. The first kappa shape index (κ1) is 17.4. The third kappa shape index (κ3) is 3.99. The van der Waals surface area contributed by atoms with E-state index in [4.69, 9.17) is 11.6 Å². The van der Waals surface area contributed by atoms with Crippen molar-refractivity contribution in [1.82, 2.24) is 15.1 Å². The number of amides is 1. The van der Waals surface area contributed by atoms with Crippen LogP contribution in [0, 0.1) is 11.7 Å². The van der Waals surface area contributed by atoms with Crippen molar-refractivity contribution < 1.29 is 9.18 Å². The number of carbonyl (C=O) groups excluding carboxylic acids is 1. The zero-order valence-electron chi connectivity index (χ0n) is 13.7. The highest BCUT2D eigenvalue weighted by atomic mass is 35.5. The lowest BCUT2D eigenvalue weighted by molar-refractivity contribution is 0.0948. The van der Waals surface area contributed by atoms with Crippen LogP contribution in [0.4, 0.5) is 10.1 Å². The van der Waals surface area contributed by atoms with E-state index >= 15 is 0 Å². The lowest BCUT2D eigenvalue weighted by atomic mass is 10.1. The molecule has 8 heteroatoms. The Labute approximate surface area is 149 Å². The molecule has 1 aromatic carbocycles. The van der Waals surface area contributed by atoms with Gasteiger partial charge in [-0.25, -0.2) is 9.07 Å². The molecule has 0 aliphatic carbocycles. The van der Waals surface area contributed by atoms with Crippen LogP contribution >= 0.6 is 11.6 Å². The van der Waals surface area contributed by atoms with Crippen LogP contribution < -0.4 is 15.8 Å². The molecule has 25 heavy (non-hydrogen) atoms. The van der Waals surface area contributed by atoms with Gasteiger partial charge in [-0.3, -0.25) is 9.59 Å². The largest absolute Gasteiger partial charge is 0.370 e. The Morgan fingerprint density at radius 2 is 2.24 bits per heavy atom. The van der Waals surface area contributed by atoms with Gasteiger partial charge < -0.3 is 10.2 Å². The minimum atomic E-state index is -0.476. The van der Waals surface area contributed by atoms with E-state index < -0.39 is 5.82 Å². The van der Waals surface area contributed by atoms with Gasteiger partial charge in [0.05, 0.1) is 22.5 Å². The highest BCUT2D eigenvalue weighted by Crippen LogP contribution is 2.22. The molecular weight excluding hydrogens is 347 g/mol. The van der Waals surface area contributed by atoms with Crippen molar-refractivity contribution in [3.63, 3.8) is 0 Å². The SMILES string of the molecule is Cn1ncc(N2CC[C@H](CNC(=O)c3ccc(F)cc3Cl)C2)cc1=O. The molecule has 3 rings (SSSR count). The van der Waals surface area contributed by atoms with Gasteiger partial charge in [0.1, 0.15) is 5.82 Å². The normalized spacial score (nSPS) is 16.9. The number of nitrogens with one attached hydrogen (secondary N) is 1. The second kappa shape index (κ2) is 7.23. The Balaban J connectivity index is 1.57. The Morgan fingerprint density at radius 1 is 1.44 bits per heavy atom. The number of hydrogen-bond acceptors (Lipinski definition) is 4. The van der Waals surface area contributed by atoms with Gasteiger partial charge in [0.2, 0.25) is 0 Å². The fraction of sp³-hybridized carbons (Fsp3) is 0.353. The minimum Gasteiger partial charge on any atom is -0.370 e. The molecule has 0 bridgehead atoms. The molecule has 0 unspecified atom stereocenters. The second-order valence-corrected chi connectivity index (χ2v) is 6.52. The van der Waals surface area contributed by atoms with Gasteiger partial charge in [0.25, 0.3) is 11.5 Å². The molecular formula is C17H18ClFN4O2. The average Bonchev–Trinajstić information content (AvgIpc) is 3.04. The number of rotatable bonds is 4. The van der Waals surface area contributed by atoms with Crippen molar-refractivity contribution in [2.24, 2.45) is 13.0 Å². The number of halogens is 2. The van der Waals surface area contributed by atoms with Crippen LogP contribution in [0.2, 0.25) is 5.02 Å². The molecule has 1 aliphatic heterocycles. The van der Waals surface area contributed by atoms with E-state index in [1.54, 1.807) is 19.3 Å². The topological polar surface area (TPSA) is 67.2 Å². The van der Waals surface area contributed by atoms with Crippen LogP contribution in [0.1, 0.15) is 16.8 Å². The lowest BCUT2D eigenvalue weighted by Gasteiger charge is -2.18. The summed E-state index contributed by atoms with van der Waals surface area (Å²) in [7, 11) is 1.61. The number of nitrogens with zero attached hydrogens (tertiary/aromatic N) is 3. The first-order valence-electron chi connectivity index (χ1n) is 7.95. The van der Waals surface area contributed by atoms with E-state index in [2.05, 4.69) is 15.3 Å². The average molecular weight is 365 g/mol. The molecule has 1 fully saturated rings. The summed E-state index contributed by atoms with van der Waals surface area (Å²) in [5.74, 6) is -0.540. The summed E-state index contributed by atoms with van der Waals surface area (Å²) < 4.78 is 14.3. The number of benzene rings is 1. The second-order valence-electron chi connectivity index (χ2n) is 6.11. The van der Waals surface area contributed by atoms with Gasteiger partial charge in [-0.15, -0.1) is 0 Å². The van der Waals surface area contributed by atoms with Crippen LogP contribution in [0.15, 0.2) is 35.3 Å². The van der Waals surface area contributed by atoms with E-state index in [1.165, 1.54) is 16.8 Å². The fourth-order valence-electron chi connectivity index (χ4n) is 2.87. The predicted molar refractivity (Wildman–Crippen MR) is 93.5 cm³/mol. The number of hydrogen-bond donors (Lipinski definition) is 1. The third-order valence-electron chi connectivity index (χ3n) is 4.33. The quantitative estimate of drug-likeness (QED) is 0.898. The Kier molecular flexibility index (Phi) is 5.03. The predicted octanol–water partition coefficient (Wildman–Crippen LogP) is 1.83. The van der Waals surface area contributed by atoms with Gasteiger partial charge >= 0.3 is 0 Å². The van der Waals surface area contributed by atoms with Crippen molar-refractivity contribution in [3.8, 4) is 0 Å². The first-order chi connectivity index (χ1) is 11.9. The van der Waals surface area contributed by atoms with Crippen LogP contribution in [0.3, 0.4) is 0 Å². The van der Waals surface area contributed by atoms with Gasteiger partial charge in [-0.1, -0.05) is 11.6 Å². The molecule has 1 N–H and O–H groups in total. The molecule has 132 valence electrons. The molecule has 1 amide bonds. The highest BCUT2D eigenvalue weighted by molar-refractivity contribution is 6.33. The van der Waals surface area contributed by atoms with Crippen molar-refractivity contribution >= 4 is 23.2 Å². The smallest absolute Gasteiger partial charge is 0.268 e. The Morgan fingerprint density at radius 3 is 2.96 bits per heavy atom. The summed E-state index contributed by atoms with van der Waals surface area (Å²) >= 11 is 5.90. The number of anilines is 1. The fourth-order valence-corrected chi connectivity index (χ4v) is 3.13. The summed E-state index contributed by atoms with van der Waals surface area (Å²) in [6.45, 7) is 2.01. The van der Waals surface area contributed by atoms with E-state index in [-0.39, 0.29) is 28.0 Å². The molecule has 1 aliphatic rings. The van der Waals surface area contributed by atoms with Crippen molar-refractivity contribution in [3.05, 3.63) is 57.2 Å². The Bertz CT molecular complexity index is 855. The molecule has 6 nitrogen and oxygen atoms in total. The van der Waals surface area contributed by atoms with Gasteiger partial charge in [0.15, 0.2) is 0 Å². The van der Waals surface area contributed by atoms with E-state index in [0.29, 0.717) is 6.54 Å². The molecule has 0 spiro atoms. The first-order valence-corrected chi connectivity index (χ1v) is 8.33. The number of aromatic nitrogens is 2. The van der Waals surface area contributed by atoms with Gasteiger partial charge in [0, 0.05) is 32.7 Å². The molecule has 1 atom stereocenters. The monoisotopic (exact) mass is 364 g/mol. The Hall–Kier alpha value is -2.41. The van der Waals surface area contributed by atoms with Crippen LogP contribution in [-0.2, 0) is 7.05 Å². The van der Waals surface area contributed by atoms with Gasteiger partial charge in [-0.2, -0.15) is 5.10 Å². The zero-order valence-corrected chi connectivity index (χ0v) is 14.5. The maximum Gasteiger partial charge on any atom is 0.268 e. The minimum absolute atomic E-state index is 0.0942. The summed E-state index contributed by atoms with van der Waals surface area (Å²) in [5, 5.41) is 6.96. The molecule has 0 radical (unpaired) electrons. The molecule has 2 heterocycles. The maximum atomic E-state index is 13.0. The summed E-state index contributed by atoms with van der Waals surface area (Å²) in [5.41, 5.74) is 0.896. The zero-order chi connectivity index (χ0) is 18.0. The standard InChI is InChI=1S/C17H18ClFN4O2/c1-22-16(24)7-13(9-21-22)23-5-4-11(10-23)8-20-17(25)14-3-2-12(19)6-15(14)18/h2-3,6-7,9,11H,4-5,8,10H2,1H3,(H,20,25)/t11-/m1/s1. The van der Waals surface area contributed by atoms with E-state index in [9.17, 15) is 14.0 Å². The van der Waals surface area contributed by atoms with Crippen molar-refractivity contribution in [1.29, 1.82) is 0 Å². The number of aryl methyl sites for hydroxylation is 1. The van der Waals surface area contributed by atoms with Crippen molar-refractivity contribution in [2.75, 3.05) is 24.5 Å². The highest BCUT2D eigenvalue weighted by Gasteiger charge is 2.24.